The van der Waals surface area contributed by atoms with Gasteiger partial charge in [-0.3, -0.25) is 15.1 Å². The third-order valence-corrected chi connectivity index (χ3v) is 7.02. The first-order chi connectivity index (χ1) is 21.0. The number of aryl methyl sites for hydroxylation is 1. The maximum atomic E-state index is 13.4. The van der Waals surface area contributed by atoms with E-state index >= 15 is 0 Å². The average Bonchev–Trinajstić information content (AvgIpc) is 3.39. The minimum absolute atomic E-state index is 0.0790. The number of anilines is 2. The monoisotopic (exact) mass is 590 g/mol. The van der Waals surface area contributed by atoms with Gasteiger partial charge in [0.2, 0.25) is 0 Å². The standard InChI is InChI=1S/C35H38N6O3/c1-23-11-13-25(14-12-23)41-33(21-32(39-41)35(2,3)4)38-34(43)37-30-15-16-31(29-10-8-7-9-28(29)30)44-27-17-18-36-24(20-27)19-26(42)22-40(5)6/h7-18,20-21H,19,22H2,1-6H3,(H2,37,38,43). The van der Waals surface area contributed by atoms with Gasteiger partial charge in [0.1, 0.15) is 17.3 Å². The molecule has 0 atom stereocenters. The van der Waals surface area contributed by atoms with Crippen molar-refractivity contribution < 1.29 is 14.3 Å². The number of hydrogen-bond acceptors (Lipinski definition) is 6. The van der Waals surface area contributed by atoms with Crippen molar-refractivity contribution in [3.05, 3.63) is 102 Å². The number of nitrogens with one attached hydrogen (secondary N) is 2. The number of hydrogen-bond donors (Lipinski definition) is 2. The van der Waals surface area contributed by atoms with Crippen LogP contribution < -0.4 is 15.4 Å². The van der Waals surface area contributed by atoms with Crippen LogP contribution in [0.4, 0.5) is 16.3 Å². The van der Waals surface area contributed by atoms with E-state index in [0.29, 0.717) is 35.2 Å². The van der Waals surface area contributed by atoms with Crippen LogP contribution in [0.5, 0.6) is 11.5 Å². The Bertz CT molecular complexity index is 1800. The number of aromatic nitrogens is 3. The first-order valence-corrected chi connectivity index (χ1v) is 14.5. The summed E-state index contributed by atoms with van der Waals surface area (Å²) in [6.07, 6.45) is 1.87. The smallest absolute Gasteiger partial charge is 0.324 e. The van der Waals surface area contributed by atoms with Crippen LogP contribution in [0.25, 0.3) is 16.5 Å². The average molecular weight is 591 g/mol. The minimum atomic E-state index is -0.390. The number of rotatable bonds is 9. The Hall–Kier alpha value is -5.02. The first-order valence-electron chi connectivity index (χ1n) is 14.5. The van der Waals surface area contributed by atoms with Crippen LogP contribution in [-0.4, -0.2) is 52.1 Å². The van der Waals surface area contributed by atoms with E-state index in [4.69, 9.17) is 9.84 Å². The van der Waals surface area contributed by atoms with Crippen LogP contribution in [0.2, 0.25) is 0 Å². The Morgan fingerprint density at radius 3 is 2.34 bits per heavy atom. The summed E-state index contributed by atoms with van der Waals surface area (Å²) in [5.74, 6) is 1.85. The molecular weight excluding hydrogens is 552 g/mol. The molecule has 9 nitrogen and oxygen atoms in total. The zero-order valence-electron chi connectivity index (χ0n) is 26.0. The van der Waals surface area contributed by atoms with Crippen molar-refractivity contribution in [1.82, 2.24) is 19.7 Å². The molecule has 0 fully saturated rings. The summed E-state index contributed by atoms with van der Waals surface area (Å²) in [6, 6.07) is 24.4. The number of urea groups is 1. The van der Waals surface area contributed by atoms with Crippen LogP contribution in [0, 0.1) is 6.92 Å². The van der Waals surface area contributed by atoms with Crippen molar-refractivity contribution in [2.75, 3.05) is 31.3 Å². The largest absolute Gasteiger partial charge is 0.457 e. The topological polar surface area (TPSA) is 101 Å². The van der Waals surface area contributed by atoms with Gasteiger partial charge in [-0.05, 0) is 51.4 Å². The highest BCUT2D eigenvalue weighted by atomic mass is 16.5. The second-order valence-electron chi connectivity index (χ2n) is 12.2. The molecular formula is C35H38N6O3. The quantitative estimate of drug-likeness (QED) is 0.189. The molecule has 5 aromatic rings. The van der Waals surface area contributed by atoms with Crippen molar-refractivity contribution in [2.45, 2.75) is 39.5 Å². The number of ketones is 1. The number of carbonyl (C=O) groups excluding carboxylic acids is 2. The normalized spacial score (nSPS) is 11.5. The SMILES string of the molecule is Cc1ccc(-n2nc(C(C)(C)C)cc2NC(=O)Nc2ccc(Oc3ccnc(CC(=O)CN(C)C)c3)c3ccccc23)cc1. The molecule has 0 aliphatic carbocycles. The van der Waals surface area contributed by atoms with Gasteiger partial charge in [-0.15, -0.1) is 0 Å². The maximum Gasteiger partial charge on any atom is 0.324 e. The van der Waals surface area contributed by atoms with Gasteiger partial charge in [0, 0.05) is 34.5 Å². The highest BCUT2D eigenvalue weighted by Crippen LogP contribution is 2.35. The fourth-order valence-electron chi connectivity index (χ4n) is 4.81. The Balaban J connectivity index is 1.37. The van der Waals surface area contributed by atoms with Crippen molar-refractivity contribution >= 4 is 34.1 Å². The molecule has 2 N–H and O–H groups in total. The van der Waals surface area contributed by atoms with E-state index < -0.39 is 6.03 Å². The molecule has 2 heterocycles. The maximum absolute atomic E-state index is 13.4. The van der Waals surface area contributed by atoms with E-state index in [1.807, 2.05) is 92.6 Å². The summed E-state index contributed by atoms with van der Waals surface area (Å²) in [4.78, 5) is 31.8. The summed E-state index contributed by atoms with van der Waals surface area (Å²) >= 11 is 0. The predicted molar refractivity (Wildman–Crippen MR) is 175 cm³/mol. The molecule has 0 spiro atoms. The third kappa shape index (κ3) is 7.30. The predicted octanol–water partition coefficient (Wildman–Crippen LogP) is 7.14. The fraction of sp³-hybridized carbons (Fsp3) is 0.257. The van der Waals surface area contributed by atoms with E-state index in [2.05, 4.69) is 36.4 Å². The fourth-order valence-corrected chi connectivity index (χ4v) is 4.81. The molecule has 0 radical (unpaired) electrons. The van der Waals surface area contributed by atoms with Gasteiger partial charge in [0.15, 0.2) is 5.78 Å². The van der Waals surface area contributed by atoms with E-state index in [0.717, 1.165) is 27.7 Å². The summed E-state index contributed by atoms with van der Waals surface area (Å²) in [7, 11) is 3.73. The van der Waals surface area contributed by atoms with Crippen LogP contribution in [-0.2, 0) is 16.6 Å². The lowest BCUT2D eigenvalue weighted by molar-refractivity contribution is -0.119. The highest BCUT2D eigenvalue weighted by molar-refractivity contribution is 6.07. The van der Waals surface area contributed by atoms with Crippen LogP contribution in [0.3, 0.4) is 0 Å². The molecule has 0 saturated heterocycles. The van der Waals surface area contributed by atoms with Gasteiger partial charge < -0.3 is 15.0 Å². The van der Waals surface area contributed by atoms with Crippen molar-refractivity contribution in [3.63, 3.8) is 0 Å². The molecule has 0 saturated carbocycles. The van der Waals surface area contributed by atoms with Gasteiger partial charge in [-0.2, -0.15) is 5.10 Å². The number of ether oxygens (including phenoxy) is 1. The lowest BCUT2D eigenvalue weighted by Gasteiger charge is -2.15. The van der Waals surface area contributed by atoms with E-state index in [1.54, 1.807) is 23.0 Å². The molecule has 5 rings (SSSR count). The van der Waals surface area contributed by atoms with Gasteiger partial charge >= 0.3 is 6.03 Å². The summed E-state index contributed by atoms with van der Waals surface area (Å²) in [5.41, 5.74) is 3.94. The second-order valence-corrected chi connectivity index (χ2v) is 12.2. The molecule has 226 valence electrons. The number of pyridine rings is 1. The molecule has 2 aromatic heterocycles. The Morgan fingerprint density at radius 2 is 1.64 bits per heavy atom. The third-order valence-electron chi connectivity index (χ3n) is 7.02. The summed E-state index contributed by atoms with van der Waals surface area (Å²) in [5, 5.41) is 12.5. The van der Waals surface area contributed by atoms with Gasteiger partial charge in [0.05, 0.1) is 35.7 Å². The molecule has 0 unspecified atom stereocenters. The van der Waals surface area contributed by atoms with Gasteiger partial charge in [-0.1, -0.05) is 62.7 Å². The Kier molecular flexibility index (Phi) is 8.78. The van der Waals surface area contributed by atoms with Crippen LogP contribution in [0.1, 0.15) is 37.7 Å². The minimum Gasteiger partial charge on any atom is -0.457 e. The van der Waals surface area contributed by atoms with E-state index in [9.17, 15) is 9.59 Å². The number of amides is 2. The zero-order valence-corrected chi connectivity index (χ0v) is 26.0. The molecule has 0 aliphatic rings. The Morgan fingerprint density at radius 1 is 0.909 bits per heavy atom. The number of carbonyl (C=O) groups is 2. The van der Waals surface area contributed by atoms with Gasteiger partial charge in [-0.25, -0.2) is 9.48 Å². The van der Waals surface area contributed by atoms with Crippen molar-refractivity contribution in [1.29, 1.82) is 0 Å². The molecule has 0 aliphatic heterocycles. The molecule has 3 aromatic carbocycles. The first kappa shape index (κ1) is 30.4. The summed E-state index contributed by atoms with van der Waals surface area (Å²) < 4.78 is 8.01. The highest BCUT2D eigenvalue weighted by Gasteiger charge is 2.22. The number of fused-ring (bicyclic) bond motifs is 1. The molecule has 2 amide bonds. The lowest BCUT2D eigenvalue weighted by atomic mass is 9.92. The Labute approximate surface area is 257 Å². The van der Waals surface area contributed by atoms with Crippen molar-refractivity contribution in [2.24, 2.45) is 0 Å². The number of nitrogens with zero attached hydrogens (tertiary/aromatic N) is 4. The number of likely N-dealkylation sites (N-methyl/N-ethyl adjacent to an activating group) is 1. The lowest BCUT2D eigenvalue weighted by Crippen LogP contribution is -2.23. The molecule has 9 heteroatoms. The number of benzene rings is 3. The van der Waals surface area contributed by atoms with Crippen molar-refractivity contribution in [3.8, 4) is 17.2 Å². The molecule has 44 heavy (non-hydrogen) atoms. The van der Waals surface area contributed by atoms with E-state index in [-0.39, 0.29) is 17.6 Å². The molecule has 0 bridgehead atoms. The number of Topliss-reactive ketones (excluding diaryl/α,β-unsaturated/α-hetero) is 1. The van der Waals surface area contributed by atoms with E-state index in [1.165, 1.54) is 0 Å². The van der Waals surface area contributed by atoms with Gasteiger partial charge in [0.25, 0.3) is 0 Å². The zero-order chi connectivity index (χ0) is 31.4. The van der Waals surface area contributed by atoms with Crippen LogP contribution in [0.15, 0.2) is 85.1 Å². The van der Waals surface area contributed by atoms with Crippen LogP contribution >= 0.6 is 0 Å². The summed E-state index contributed by atoms with van der Waals surface area (Å²) in [6.45, 7) is 8.65. The second kappa shape index (κ2) is 12.7.